The largest absolute Gasteiger partial charge is 0.486 e. The number of amides is 1. The van der Waals surface area contributed by atoms with Gasteiger partial charge in [-0.1, -0.05) is 17.7 Å². The molecule has 0 fully saturated rings. The zero-order chi connectivity index (χ0) is 15.4. The number of halogens is 1. The third-order valence-electron chi connectivity index (χ3n) is 3.00. The van der Waals surface area contributed by atoms with Crippen LogP contribution in [0.2, 0.25) is 5.02 Å². The molecule has 3 rings (SSSR count). The van der Waals surface area contributed by atoms with E-state index in [0.29, 0.717) is 35.4 Å². The van der Waals surface area contributed by atoms with Crippen LogP contribution >= 0.6 is 11.6 Å². The third kappa shape index (κ3) is 3.38. The fourth-order valence-corrected chi connectivity index (χ4v) is 2.18. The van der Waals surface area contributed by atoms with Gasteiger partial charge < -0.3 is 14.8 Å². The van der Waals surface area contributed by atoms with Gasteiger partial charge in [0.1, 0.15) is 13.2 Å². The van der Waals surface area contributed by atoms with Gasteiger partial charge in [-0.25, -0.2) is 0 Å². The van der Waals surface area contributed by atoms with E-state index in [4.69, 9.17) is 21.1 Å². The molecule has 1 aliphatic rings. The topological polar surface area (TPSA) is 60.5 Å². The summed E-state index contributed by atoms with van der Waals surface area (Å²) in [4.78, 5) is 15.9. The van der Waals surface area contributed by atoms with E-state index in [0.717, 1.165) is 5.56 Å². The molecule has 1 aromatic heterocycles. The Hall–Kier alpha value is -2.53. The highest BCUT2D eigenvalue weighted by Gasteiger charge is 2.15. The smallest absolute Gasteiger partial charge is 0.248 e. The van der Waals surface area contributed by atoms with Crippen LogP contribution in [0.3, 0.4) is 0 Å². The Morgan fingerprint density at radius 2 is 2.05 bits per heavy atom. The number of fused-ring (bicyclic) bond motifs is 1. The second kappa shape index (κ2) is 6.49. The van der Waals surface area contributed by atoms with Crippen molar-refractivity contribution in [3.8, 4) is 11.5 Å². The molecule has 1 amide bonds. The first-order valence-corrected chi connectivity index (χ1v) is 7.08. The van der Waals surface area contributed by atoms with E-state index in [1.54, 1.807) is 36.7 Å². The lowest BCUT2D eigenvalue weighted by Gasteiger charge is -2.19. The molecule has 0 radical (unpaired) electrons. The van der Waals surface area contributed by atoms with E-state index in [2.05, 4.69) is 10.3 Å². The number of aromatic nitrogens is 1. The number of nitrogens with zero attached hydrogens (tertiary/aromatic N) is 1. The number of hydrogen-bond acceptors (Lipinski definition) is 4. The third-order valence-corrected chi connectivity index (χ3v) is 3.31. The Labute approximate surface area is 132 Å². The van der Waals surface area contributed by atoms with Gasteiger partial charge in [0.2, 0.25) is 5.91 Å². The first kappa shape index (κ1) is 14.4. The van der Waals surface area contributed by atoms with Crippen LogP contribution in [0, 0.1) is 0 Å². The van der Waals surface area contributed by atoms with Crippen molar-refractivity contribution in [2.75, 3.05) is 18.5 Å². The summed E-state index contributed by atoms with van der Waals surface area (Å²) >= 11 is 6.14. The summed E-state index contributed by atoms with van der Waals surface area (Å²) in [6, 6.07) is 6.95. The van der Waals surface area contributed by atoms with E-state index < -0.39 is 0 Å². The van der Waals surface area contributed by atoms with Crippen molar-refractivity contribution in [2.45, 2.75) is 0 Å². The highest BCUT2D eigenvalue weighted by atomic mass is 35.5. The lowest BCUT2D eigenvalue weighted by molar-refractivity contribution is -0.111. The van der Waals surface area contributed by atoms with E-state index in [1.165, 1.54) is 6.08 Å². The fraction of sp³-hybridized carbons (Fsp3) is 0.125. The van der Waals surface area contributed by atoms with Gasteiger partial charge in [-0.2, -0.15) is 0 Å². The quantitative estimate of drug-likeness (QED) is 0.884. The molecule has 112 valence electrons. The van der Waals surface area contributed by atoms with Gasteiger partial charge in [0, 0.05) is 30.6 Å². The van der Waals surface area contributed by atoms with Gasteiger partial charge in [-0.15, -0.1) is 0 Å². The number of hydrogen-bond donors (Lipinski definition) is 1. The average Bonchev–Trinajstić information content (AvgIpc) is 2.55. The summed E-state index contributed by atoms with van der Waals surface area (Å²) in [6.45, 7) is 0.964. The lowest BCUT2D eigenvalue weighted by atomic mass is 10.2. The summed E-state index contributed by atoms with van der Waals surface area (Å²) in [5.41, 5.74) is 1.32. The molecule has 6 heteroatoms. The fourth-order valence-electron chi connectivity index (χ4n) is 1.98. The van der Waals surface area contributed by atoms with Crippen molar-refractivity contribution >= 4 is 29.3 Å². The monoisotopic (exact) mass is 316 g/mol. The highest BCUT2D eigenvalue weighted by molar-refractivity contribution is 6.34. The maximum atomic E-state index is 12.0. The summed E-state index contributed by atoms with van der Waals surface area (Å²) in [6.07, 6.45) is 6.44. The first-order valence-electron chi connectivity index (χ1n) is 6.70. The number of anilines is 1. The molecule has 0 unspecified atom stereocenters. The second-order valence-electron chi connectivity index (χ2n) is 4.58. The number of nitrogens with one attached hydrogen (secondary N) is 1. The van der Waals surface area contributed by atoms with Crippen LogP contribution in [0.4, 0.5) is 5.69 Å². The molecule has 0 spiro atoms. The molecule has 0 bridgehead atoms. The van der Waals surface area contributed by atoms with Crippen LogP contribution in [-0.2, 0) is 4.79 Å². The number of pyridine rings is 1. The standard InChI is InChI=1S/C16H13ClN2O3/c17-12-8-14-15(22-7-6-21-14)9-13(12)19-16(20)4-3-11-2-1-5-18-10-11/h1-5,8-10H,6-7H2,(H,19,20)/b4-3+. The van der Waals surface area contributed by atoms with E-state index >= 15 is 0 Å². The second-order valence-corrected chi connectivity index (χ2v) is 4.99. The Bertz CT molecular complexity index is 717. The van der Waals surface area contributed by atoms with Crippen molar-refractivity contribution in [1.29, 1.82) is 0 Å². The Morgan fingerprint density at radius 1 is 1.27 bits per heavy atom. The Kier molecular flexibility index (Phi) is 4.25. The molecule has 0 aliphatic carbocycles. The zero-order valence-corrected chi connectivity index (χ0v) is 12.3. The normalized spacial score (nSPS) is 13.1. The van der Waals surface area contributed by atoms with Crippen LogP contribution in [0.5, 0.6) is 11.5 Å². The molecule has 1 aliphatic heterocycles. The zero-order valence-electron chi connectivity index (χ0n) is 11.6. The summed E-state index contributed by atoms with van der Waals surface area (Å²) in [5.74, 6) is 0.866. The van der Waals surface area contributed by atoms with Crippen molar-refractivity contribution in [3.63, 3.8) is 0 Å². The van der Waals surface area contributed by atoms with E-state index in [-0.39, 0.29) is 5.91 Å². The van der Waals surface area contributed by atoms with Crippen LogP contribution in [0.25, 0.3) is 6.08 Å². The molecule has 2 heterocycles. The molecular formula is C16H13ClN2O3. The maximum Gasteiger partial charge on any atom is 0.248 e. The Balaban J connectivity index is 1.73. The van der Waals surface area contributed by atoms with E-state index in [1.807, 2.05) is 6.07 Å². The number of benzene rings is 1. The van der Waals surface area contributed by atoms with Gasteiger partial charge in [0.15, 0.2) is 11.5 Å². The molecule has 2 aromatic rings. The number of carbonyl (C=O) groups excluding carboxylic acids is 1. The van der Waals surface area contributed by atoms with Gasteiger partial charge in [-0.05, 0) is 17.7 Å². The minimum absolute atomic E-state index is 0.289. The average molecular weight is 317 g/mol. The molecular weight excluding hydrogens is 304 g/mol. The molecule has 1 aromatic carbocycles. The number of rotatable bonds is 3. The molecule has 1 N–H and O–H groups in total. The van der Waals surface area contributed by atoms with Crippen LogP contribution < -0.4 is 14.8 Å². The minimum atomic E-state index is -0.289. The van der Waals surface area contributed by atoms with Gasteiger partial charge >= 0.3 is 0 Å². The molecule has 0 saturated heterocycles. The van der Waals surface area contributed by atoms with Gasteiger partial charge in [-0.3, -0.25) is 9.78 Å². The molecule has 22 heavy (non-hydrogen) atoms. The molecule has 0 atom stereocenters. The lowest BCUT2D eigenvalue weighted by Crippen LogP contribution is -2.16. The molecule has 5 nitrogen and oxygen atoms in total. The number of ether oxygens (including phenoxy) is 2. The summed E-state index contributed by atoms with van der Waals surface area (Å²) in [7, 11) is 0. The van der Waals surface area contributed by atoms with Crippen LogP contribution in [-0.4, -0.2) is 24.1 Å². The van der Waals surface area contributed by atoms with Crippen molar-refractivity contribution < 1.29 is 14.3 Å². The van der Waals surface area contributed by atoms with Crippen molar-refractivity contribution in [2.24, 2.45) is 0 Å². The summed E-state index contributed by atoms with van der Waals surface area (Å²) in [5, 5.41) is 3.11. The molecule has 0 saturated carbocycles. The van der Waals surface area contributed by atoms with Crippen molar-refractivity contribution in [3.05, 3.63) is 53.3 Å². The highest BCUT2D eigenvalue weighted by Crippen LogP contribution is 2.37. The SMILES string of the molecule is O=C(/C=C/c1cccnc1)Nc1cc2c(cc1Cl)OCCO2. The first-order chi connectivity index (χ1) is 10.7. The minimum Gasteiger partial charge on any atom is -0.486 e. The van der Waals surface area contributed by atoms with Gasteiger partial charge in [0.05, 0.1) is 10.7 Å². The summed E-state index contributed by atoms with van der Waals surface area (Å²) < 4.78 is 10.9. The van der Waals surface area contributed by atoms with Crippen molar-refractivity contribution in [1.82, 2.24) is 4.98 Å². The van der Waals surface area contributed by atoms with Crippen LogP contribution in [0.1, 0.15) is 5.56 Å². The predicted molar refractivity (Wildman–Crippen MR) is 84.3 cm³/mol. The predicted octanol–water partition coefficient (Wildman–Crippen LogP) is 3.16. The van der Waals surface area contributed by atoms with Crippen LogP contribution in [0.15, 0.2) is 42.7 Å². The van der Waals surface area contributed by atoms with E-state index in [9.17, 15) is 4.79 Å². The number of carbonyl (C=O) groups is 1. The maximum absolute atomic E-state index is 12.0. The van der Waals surface area contributed by atoms with Gasteiger partial charge in [0.25, 0.3) is 0 Å². The Morgan fingerprint density at radius 3 is 2.77 bits per heavy atom.